The molecule has 4 aromatic rings. The second-order valence-corrected chi connectivity index (χ2v) is 10.6. The second-order valence-electron chi connectivity index (χ2n) is 8.72. The Bertz CT molecular complexity index is 1440. The molecule has 2 aromatic heterocycles. The van der Waals surface area contributed by atoms with E-state index in [0.717, 1.165) is 21.7 Å². The summed E-state index contributed by atoms with van der Waals surface area (Å²) < 4.78 is 15.3. The van der Waals surface area contributed by atoms with Crippen molar-refractivity contribution >= 4 is 40.6 Å². The van der Waals surface area contributed by atoms with Crippen LogP contribution in [0.3, 0.4) is 0 Å². The van der Waals surface area contributed by atoms with Crippen LogP contribution in [0.1, 0.15) is 34.3 Å². The van der Waals surface area contributed by atoms with E-state index in [-0.39, 0.29) is 42.4 Å². The van der Waals surface area contributed by atoms with Crippen molar-refractivity contribution in [3.8, 4) is 0 Å². The van der Waals surface area contributed by atoms with Crippen LogP contribution in [0.2, 0.25) is 0 Å². The first-order chi connectivity index (χ1) is 18.5. The molecule has 2 amide bonds. The number of nitrogens with zero attached hydrogens (tertiary/aromatic N) is 5. The number of benzene rings is 2. The molecule has 8 nitrogen and oxygen atoms in total. The number of amides is 2. The molecule has 1 aliphatic heterocycles. The van der Waals surface area contributed by atoms with Crippen molar-refractivity contribution < 1.29 is 14.0 Å². The Morgan fingerprint density at radius 1 is 1.08 bits per heavy atom. The molecule has 5 rings (SSSR count). The normalized spacial score (nSPS) is 14.9. The van der Waals surface area contributed by atoms with Crippen molar-refractivity contribution in [2.45, 2.75) is 30.6 Å². The third-order valence-corrected chi connectivity index (χ3v) is 8.05. The lowest BCUT2D eigenvalue weighted by molar-refractivity contribution is -0.130. The first kappa shape index (κ1) is 25.8. The van der Waals surface area contributed by atoms with Gasteiger partial charge in [0, 0.05) is 13.5 Å². The minimum atomic E-state index is -0.325. The van der Waals surface area contributed by atoms with Crippen LogP contribution in [-0.4, -0.2) is 43.1 Å². The average Bonchev–Trinajstić information content (AvgIpc) is 3.68. The maximum absolute atomic E-state index is 13.5. The number of thioether (sulfide) groups is 1. The quantitative estimate of drug-likeness (QED) is 0.314. The molecule has 1 unspecified atom stereocenters. The predicted molar refractivity (Wildman–Crippen MR) is 145 cm³/mol. The molecule has 0 spiro atoms. The first-order valence-electron chi connectivity index (χ1n) is 12.0. The summed E-state index contributed by atoms with van der Waals surface area (Å²) >= 11 is 2.83. The van der Waals surface area contributed by atoms with Gasteiger partial charge in [0.15, 0.2) is 11.0 Å². The Labute approximate surface area is 227 Å². The van der Waals surface area contributed by atoms with Gasteiger partial charge in [-0.3, -0.25) is 9.59 Å². The number of thiophene rings is 1. The third kappa shape index (κ3) is 6.00. The molecule has 194 valence electrons. The van der Waals surface area contributed by atoms with Crippen LogP contribution in [0.5, 0.6) is 0 Å². The highest BCUT2D eigenvalue weighted by Gasteiger charge is 2.33. The van der Waals surface area contributed by atoms with Crippen molar-refractivity contribution in [2.24, 2.45) is 12.1 Å². The fourth-order valence-corrected chi connectivity index (χ4v) is 5.62. The molecule has 0 bridgehead atoms. The van der Waals surface area contributed by atoms with Crippen LogP contribution in [-0.2, 0) is 29.6 Å². The lowest BCUT2D eigenvalue weighted by atomic mass is 10.0. The Morgan fingerprint density at radius 3 is 2.61 bits per heavy atom. The monoisotopic (exact) mass is 548 g/mol. The molecule has 0 saturated carbocycles. The van der Waals surface area contributed by atoms with Crippen molar-refractivity contribution in [1.29, 1.82) is 0 Å². The second kappa shape index (κ2) is 11.7. The van der Waals surface area contributed by atoms with Gasteiger partial charge >= 0.3 is 0 Å². The van der Waals surface area contributed by atoms with Crippen molar-refractivity contribution in [3.63, 3.8) is 0 Å². The van der Waals surface area contributed by atoms with E-state index in [1.807, 2.05) is 47.8 Å². The lowest BCUT2D eigenvalue weighted by Crippen LogP contribution is -2.28. The summed E-state index contributed by atoms with van der Waals surface area (Å²) in [6, 6.07) is 19.3. The molecule has 0 fully saturated rings. The van der Waals surface area contributed by atoms with Gasteiger partial charge < -0.3 is 9.88 Å². The minimum Gasteiger partial charge on any atom is -0.349 e. The van der Waals surface area contributed by atoms with Gasteiger partial charge in [0.05, 0.1) is 35.3 Å². The van der Waals surface area contributed by atoms with Gasteiger partial charge in [-0.15, -0.1) is 21.5 Å². The van der Waals surface area contributed by atoms with Crippen LogP contribution in [0.4, 0.5) is 4.39 Å². The van der Waals surface area contributed by atoms with E-state index in [4.69, 9.17) is 0 Å². The van der Waals surface area contributed by atoms with E-state index in [0.29, 0.717) is 17.4 Å². The Hall–Kier alpha value is -3.83. The van der Waals surface area contributed by atoms with E-state index >= 15 is 0 Å². The lowest BCUT2D eigenvalue weighted by Gasteiger charge is -2.21. The molecular formula is C27H25FN6O2S2. The molecule has 1 atom stereocenters. The van der Waals surface area contributed by atoms with E-state index in [2.05, 4.69) is 20.6 Å². The highest BCUT2D eigenvalue weighted by molar-refractivity contribution is 7.99. The standard InChI is InChI=1S/C27H25FN6O2S2/c1-33-24(16-29-25(35)14-18-6-3-2-4-7-18)30-31-27(33)38-17-26(36)34-22(19-9-11-20(28)12-10-19)15-21(32-34)23-8-5-13-37-23/h2-13,22H,14-17H2,1H3,(H,29,35). The summed E-state index contributed by atoms with van der Waals surface area (Å²) in [6.45, 7) is 0.233. The Morgan fingerprint density at radius 2 is 1.87 bits per heavy atom. The number of carbonyl (C=O) groups excluding carboxylic acids is 2. The van der Waals surface area contributed by atoms with E-state index in [1.54, 1.807) is 35.1 Å². The van der Waals surface area contributed by atoms with Crippen LogP contribution >= 0.6 is 23.1 Å². The summed E-state index contributed by atoms with van der Waals surface area (Å²) in [5.74, 6) is 0.0738. The number of hydrogen-bond donors (Lipinski definition) is 1. The Kier molecular flexibility index (Phi) is 7.94. The number of hydrazone groups is 1. The SMILES string of the molecule is Cn1c(CNC(=O)Cc2ccccc2)nnc1SCC(=O)N1N=C(c2cccs2)CC1c1ccc(F)cc1. The molecule has 3 heterocycles. The number of carbonyl (C=O) groups is 2. The molecule has 38 heavy (non-hydrogen) atoms. The number of hydrogen-bond acceptors (Lipinski definition) is 7. The first-order valence-corrected chi connectivity index (χ1v) is 13.8. The van der Waals surface area contributed by atoms with Gasteiger partial charge in [0.25, 0.3) is 5.91 Å². The fraction of sp³-hybridized carbons (Fsp3) is 0.222. The predicted octanol–water partition coefficient (Wildman–Crippen LogP) is 4.34. The van der Waals surface area contributed by atoms with E-state index in [1.165, 1.54) is 28.9 Å². The van der Waals surface area contributed by atoms with Crippen molar-refractivity contribution in [1.82, 2.24) is 25.1 Å². The van der Waals surface area contributed by atoms with Crippen molar-refractivity contribution in [2.75, 3.05) is 5.75 Å². The molecule has 0 radical (unpaired) electrons. The van der Waals surface area contributed by atoms with Gasteiger partial charge in [-0.2, -0.15) is 5.10 Å². The molecule has 0 saturated heterocycles. The molecule has 2 aromatic carbocycles. The summed E-state index contributed by atoms with van der Waals surface area (Å²) in [5.41, 5.74) is 2.59. The molecule has 11 heteroatoms. The zero-order chi connectivity index (χ0) is 26.5. The van der Waals surface area contributed by atoms with Gasteiger partial charge in [-0.25, -0.2) is 9.40 Å². The highest BCUT2D eigenvalue weighted by atomic mass is 32.2. The van der Waals surface area contributed by atoms with Gasteiger partial charge in [-0.05, 0) is 34.7 Å². The average molecular weight is 549 g/mol. The molecular weight excluding hydrogens is 523 g/mol. The van der Waals surface area contributed by atoms with Crippen LogP contribution in [0.15, 0.2) is 82.4 Å². The largest absolute Gasteiger partial charge is 0.349 e. The fourth-order valence-electron chi connectivity index (χ4n) is 4.11. The third-order valence-electron chi connectivity index (χ3n) is 6.13. The smallest absolute Gasteiger partial charge is 0.253 e. The zero-order valence-corrected chi connectivity index (χ0v) is 22.2. The zero-order valence-electron chi connectivity index (χ0n) is 20.6. The molecule has 1 N–H and O–H groups in total. The summed E-state index contributed by atoms with van der Waals surface area (Å²) in [5, 5.41) is 19.9. The summed E-state index contributed by atoms with van der Waals surface area (Å²) in [7, 11) is 1.80. The Balaban J connectivity index is 1.22. The summed E-state index contributed by atoms with van der Waals surface area (Å²) in [4.78, 5) is 26.6. The van der Waals surface area contributed by atoms with Gasteiger partial charge in [-0.1, -0.05) is 60.3 Å². The number of halogens is 1. The van der Waals surface area contributed by atoms with E-state index in [9.17, 15) is 14.0 Å². The molecule has 0 aliphatic carbocycles. The van der Waals surface area contributed by atoms with Crippen molar-refractivity contribution in [3.05, 3.63) is 99.8 Å². The van der Waals surface area contributed by atoms with Gasteiger partial charge in [0.2, 0.25) is 5.91 Å². The number of aromatic nitrogens is 3. The maximum Gasteiger partial charge on any atom is 0.253 e. The molecule has 1 aliphatic rings. The van der Waals surface area contributed by atoms with E-state index < -0.39 is 0 Å². The topological polar surface area (TPSA) is 92.5 Å². The maximum atomic E-state index is 13.5. The number of rotatable bonds is 9. The van der Waals surface area contributed by atoms with Crippen LogP contribution < -0.4 is 5.32 Å². The highest BCUT2D eigenvalue weighted by Crippen LogP contribution is 2.34. The summed E-state index contributed by atoms with van der Waals surface area (Å²) in [6.07, 6.45) is 0.840. The minimum absolute atomic E-state index is 0.102. The van der Waals surface area contributed by atoms with Gasteiger partial charge in [0.1, 0.15) is 5.82 Å². The van der Waals surface area contributed by atoms with Crippen LogP contribution in [0, 0.1) is 5.82 Å². The number of nitrogens with one attached hydrogen (secondary N) is 1. The van der Waals surface area contributed by atoms with Crippen LogP contribution in [0.25, 0.3) is 0 Å².